The highest BCUT2D eigenvalue weighted by atomic mass is 32.2. The summed E-state index contributed by atoms with van der Waals surface area (Å²) >= 11 is 0. The highest BCUT2D eigenvalue weighted by Gasteiger charge is 2.34. The first-order valence-corrected chi connectivity index (χ1v) is 8.33. The van der Waals surface area contributed by atoms with Crippen LogP contribution in [0.2, 0.25) is 0 Å². The van der Waals surface area contributed by atoms with Gasteiger partial charge in [-0.2, -0.15) is 4.31 Å². The van der Waals surface area contributed by atoms with Crippen LogP contribution in [0, 0.1) is 0 Å². The highest BCUT2D eigenvalue weighted by molar-refractivity contribution is 7.88. The third kappa shape index (κ3) is 4.03. The van der Waals surface area contributed by atoms with Gasteiger partial charge >= 0.3 is 5.97 Å². The first kappa shape index (κ1) is 15.9. The summed E-state index contributed by atoms with van der Waals surface area (Å²) in [6.07, 6.45) is 1.19. The van der Waals surface area contributed by atoms with Crippen LogP contribution in [0.25, 0.3) is 0 Å². The zero-order valence-electron chi connectivity index (χ0n) is 11.8. The number of carboxylic acid groups (broad SMARTS) is 1. The van der Waals surface area contributed by atoms with Crippen LogP contribution < -0.4 is 0 Å². The number of hydrogen-bond donors (Lipinski definition) is 2. The van der Waals surface area contributed by atoms with E-state index >= 15 is 0 Å². The minimum Gasteiger partial charge on any atom is -0.478 e. The Kier molecular flexibility index (Phi) is 4.36. The van der Waals surface area contributed by atoms with Crippen molar-refractivity contribution >= 4 is 16.0 Å². The van der Waals surface area contributed by atoms with E-state index in [1.807, 2.05) is 0 Å². The van der Waals surface area contributed by atoms with Gasteiger partial charge in [0.25, 0.3) is 0 Å². The smallest absolute Gasteiger partial charge is 0.335 e. The van der Waals surface area contributed by atoms with Gasteiger partial charge in [-0.05, 0) is 37.5 Å². The molecule has 1 heterocycles. The minimum atomic E-state index is -3.57. The minimum absolute atomic E-state index is 0.0633. The van der Waals surface area contributed by atoms with Crippen LogP contribution in [0.5, 0.6) is 0 Å². The third-order valence-corrected chi connectivity index (χ3v) is 5.35. The molecule has 0 spiro atoms. The molecule has 1 atom stereocenters. The quantitative estimate of drug-likeness (QED) is 0.866. The van der Waals surface area contributed by atoms with E-state index in [1.165, 1.54) is 22.5 Å². The van der Waals surface area contributed by atoms with E-state index in [1.54, 1.807) is 13.0 Å². The van der Waals surface area contributed by atoms with Crippen molar-refractivity contribution in [2.45, 2.75) is 31.1 Å². The first-order chi connectivity index (χ1) is 9.70. The van der Waals surface area contributed by atoms with Gasteiger partial charge in [0.1, 0.15) is 0 Å². The van der Waals surface area contributed by atoms with Crippen LogP contribution in [-0.2, 0) is 15.8 Å². The van der Waals surface area contributed by atoms with Crippen LogP contribution in [0.4, 0.5) is 0 Å². The molecule has 2 rings (SSSR count). The standard InChI is InChI=1S/C14H19NO5S/c1-14(18)6-3-7-15(10-14)21(19,20)9-11-4-2-5-12(8-11)13(16)17/h2,4-5,8,18H,3,6-7,9-10H2,1H3,(H,16,17). The molecule has 116 valence electrons. The fraction of sp³-hybridized carbons (Fsp3) is 0.500. The molecule has 0 radical (unpaired) electrons. The zero-order chi connectivity index (χ0) is 15.7. The van der Waals surface area contributed by atoms with Gasteiger partial charge < -0.3 is 10.2 Å². The molecule has 1 unspecified atom stereocenters. The molecule has 0 amide bonds. The van der Waals surface area contributed by atoms with Crippen LogP contribution in [0.1, 0.15) is 35.7 Å². The number of hydrogen-bond acceptors (Lipinski definition) is 4. The van der Waals surface area contributed by atoms with E-state index in [2.05, 4.69) is 0 Å². The monoisotopic (exact) mass is 313 g/mol. The van der Waals surface area contributed by atoms with Gasteiger partial charge in [0.15, 0.2) is 0 Å². The molecule has 7 heteroatoms. The van der Waals surface area contributed by atoms with Crippen LogP contribution in [0.3, 0.4) is 0 Å². The van der Waals surface area contributed by atoms with Crippen LogP contribution in [-0.4, -0.2) is 47.6 Å². The molecule has 0 bridgehead atoms. The van der Waals surface area contributed by atoms with Gasteiger partial charge in [-0.25, -0.2) is 13.2 Å². The Hall–Kier alpha value is -1.44. The second kappa shape index (κ2) is 5.75. The van der Waals surface area contributed by atoms with Crippen molar-refractivity contribution in [1.29, 1.82) is 0 Å². The summed E-state index contributed by atoms with van der Waals surface area (Å²) in [5.41, 5.74) is -0.512. The summed E-state index contributed by atoms with van der Waals surface area (Å²) in [6, 6.07) is 5.90. The summed E-state index contributed by atoms with van der Waals surface area (Å²) in [7, 11) is -3.57. The maximum absolute atomic E-state index is 12.4. The number of carbonyl (C=O) groups is 1. The first-order valence-electron chi connectivity index (χ1n) is 6.72. The van der Waals surface area contributed by atoms with Gasteiger partial charge in [-0.3, -0.25) is 0 Å². The lowest BCUT2D eigenvalue weighted by atomic mass is 9.97. The van der Waals surface area contributed by atoms with Crippen molar-refractivity contribution in [3.63, 3.8) is 0 Å². The Morgan fingerprint density at radius 1 is 1.43 bits per heavy atom. The molecule has 6 nitrogen and oxygen atoms in total. The van der Waals surface area contributed by atoms with E-state index in [9.17, 15) is 18.3 Å². The van der Waals surface area contributed by atoms with E-state index in [4.69, 9.17) is 5.11 Å². The zero-order valence-corrected chi connectivity index (χ0v) is 12.6. The third-order valence-electron chi connectivity index (χ3n) is 3.56. The van der Waals surface area contributed by atoms with E-state index < -0.39 is 21.6 Å². The summed E-state index contributed by atoms with van der Waals surface area (Å²) in [5.74, 6) is -1.35. The van der Waals surface area contributed by atoms with E-state index in [0.717, 1.165) is 0 Å². The number of benzene rings is 1. The Morgan fingerprint density at radius 2 is 2.14 bits per heavy atom. The summed E-state index contributed by atoms with van der Waals surface area (Å²) in [6.45, 7) is 2.09. The molecule has 0 saturated carbocycles. The molecule has 1 saturated heterocycles. The largest absolute Gasteiger partial charge is 0.478 e. The molecule has 1 aromatic rings. The average Bonchev–Trinajstić information content (AvgIpc) is 2.37. The van der Waals surface area contributed by atoms with Gasteiger partial charge in [-0.1, -0.05) is 12.1 Å². The number of carboxylic acids is 1. The second-order valence-electron chi connectivity index (χ2n) is 5.70. The Morgan fingerprint density at radius 3 is 2.76 bits per heavy atom. The second-order valence-corrected chi connectivity index (χ2v) is 7.66. The van der Waals surface area contributed by atoms with E-state index in [0.29, 0.717) is 24.9 Å². The topological polar surface area (TPSA) is 94.9 Å². The molecule has 1 aromatic carbocycles. The van der Waals surface area contributed by atoms with Gasteiger partial charge in [0, 0.05) is 13.1 Å². The predicted molar refractivity (Wildman–Crippen MR) is 77.5 cm³/mol. The Bertz CT molecular complexity index is 639. The van der Waals surface area contributed by atoms with Crippen LogP contribution in [0.15, 0.2) is 24.3 Å². The van der Waals surface area contributed by atoms with Crippen molar-refractivity contribution in [2.24, 2.45) is 0 Å². The number of rotatable bonds is 4. The molecule has 1 fully saturated rings. The number of sulfonamides is 1. The van der Waals surface area contributed by atoms with Crippen molar-refractivity contribution in [1.82, 2.24) is 4.31 Å². The molecule has 21 heavy (non-hydrogen) atoms. The van der Waals surface area contributed by atoms with Crippen molar-refractivity contribution in [3.8, 4) is 0 Å². The number of β-amino-alcohol motifs (C(OH)–C–C–N with tert-alkyl or cyclic N) is 1. The molecule has 1 aliphatic heterocycles. The van der Waals surface area contributed by atoms with E-state index in [-0.39, 0.29) is 17.9 Å². The van der Waals surface area contributed by atoms with Gasteiger partial charge in [0.05, 0.1) is 16.9 Å². The summed E-state index contributed by atoms with van der Waals surface area (Å²) < 4.78 is 26.1. The molecule has 1 aliphatic rings. The lowest BCUT2D eigenvalue weighted by molar-refractivity contribution is 0.00935. The normalized spacial score (nSPS) is 23.9. The number of aromatic carboxylic acids is 1. The Balaban J connectivity index is 2.17. The SMILES string of the molecule is CC1(O)CCCN(S(=O)(=O)Cc2cccc(C(=O)O)c2)C1. The predicted octanol–water partition coefficient (Wildman–Crippen LogP) is 1.06. The summed E-state index contributed by atoms with van der Waals surface area (Å²) in [4.78, 5) is 10.9. The maximum atomic E-state index is 12.4. The molecular weight excluding hydrogens is 294 g/mol. The number of aliphatic hydroxyl groups is 1. The van der Waals surface area contributed by atoms with Crippen LogP contribution >= 0.6 is 0 Å². The highest BCUT2D eigenvalue weighted by Crippen LogP contribution is 2.24. The molecule has 0 aromatic heterocycles. The fourth-order valence-electron chi connectivity index (χ4n) is 2.51. The molecular formula is C14H19NO5S. The van der Waals surface area contributed by atoms with Crippen molar-refractivity contribution < 1.29 is 23.4 Å². The summed E-state index contributed by atoms with van der Waals surface area (Å²) in [5, 5.41) is 18.9. The number of nitrogens with zero attached hydrogens (tertiary/aromatic N) is 1. The van der Waals surface area contributed by atoms with Crippen molar-refractivity contribution in [3.05, 3.63) is 35.4 Å². The van der Waals surface area contributed by atoms with Gasteiger partial charge in [0.2, 0.25) is 10.0 Å². The fourth-order valence-corrected chi connectivity index (χ4v) is 4.17. The van der Waals surface area contributed by atoms with Gasteiger partial charge in [-0.15, -0.1) is 0 Å². The molecule has 0 aliphatic carbocycles. The van der Waals surface area contributed by atoms with Crippen molar-refractivity contribution in [2.75, 3.05) is 13.1 Å². The maximum Gasteiger partial charge on any atom is 0.335 e. The average molecular weight is 313 g/mol. The lowest BCUT2D eigenvalue weighted by Crippen LogP contribution is -2.48. The molecule has 2 N–H and O–H groups in total. The Labute approximate surface area is 124 Å². The lowest BCUT2D eigenvalue weighted by Gasteiger charge is -2.36. The number of piperidine rings is 1.